The van der Waals surface area contributed by atoms with Crippen LogP contribution in [0.4, 0.5) is 4.39 Å². The normalized spacial score (nSPS) is 11.3. The highest BCUT2D eigenvalue weighted by Gasteiger charge is 2.21. The number of carbonyl (C=O) groups is 4. The highest BCUT2D eigenvalue weighted by atomic mass is 19.1. The van der Waals surface area contributed by atoms with Gasteiger partial charge in [0.25, 0.3) is 0 Å². The lowest BCUT2D eigenvalue weighted by Crippen LogP contribution is -2.46. The number of rotatable bonds is 14. The van der Waals surface area contributed by atoms with Gasteiger partial charge in [-0.25, -0.2) is 4.39 Å². The number of ketones is 1. The molecule has 9 heteroatoms. The number of hydrogen-bond acceptors (Lipinski definition) is 5. The van der Waals surface area contributed by atoms with Gasteiger partial charge >= 0.3 is 0 Å². The number of carbonyl (C=O) groups excluding carboxylic acids is 4. The van der Waals surface area contributed by atoms with Gasteiger partial charge in [-0.15, -0.1) is 0 Å². The lowest BCUT2D eigenvalue weighted by Gasteiger charge is -2.18. The molecule has 1 aromatic rings. The van der Waals surface area contributed by atoms with Crippen molar-refractivity contribution >= 4 is 29.7 Å². The molecule has 0 saturated carbocycles. The van der Waals surface area contributed by atoms with Crippen molar-refractivity contribution in [2.45, 2.75) is 58.0 Å². The first-order valence-electron chi connectivity index (χ1n) is 9.91. The van der Waals surface area contributed by atoms with Crippen LogP contribution in [0.3, 0.4) is 0 Å². The molecule has 0 aromatic heterocycles. The summed E-state index contributed by atoms with van der Waals surface area (Å²) in [5, 5.41) is 15.0. The second-order valence-corrected chi connectivity index (χ2v) is 6.91. The van der Waals surface area contributed by atoms with Gasteiger partial charge in [0, 0.05) is 32.9 Å². The van der Waals surface area contributed by atoms with Crippen molar-refractivity contribution in [2.75, 3.05) is 6.54 Å². The molecule has 0 aliphatic rings. The Bertz CT molecular complexity index is 737. The summed E-state index contributed by atoms with van der Waals surface area (Å²) in [5.41, 5.74) is 0.699. The molecule has 0 spiro atoms. The van der Waals surface area contributed by atoms with Crippen molar-refractivity contribution < 1.29 is 23.6 Å². The van der Waals surface area contributed by atoms with Crippen LogP contribution in [0.15, 0.2) is 24.3 Å². The molecule has 1 rings (SSSR count). The predicted octanol–water partition coefficient (Wildman–Crippen LogP) is 1.62. The Labute approximate surface area is 175 Å². The zero-order valence-electron chi connectivity index (χ0n) is 17.1. The summed E-state index contributed by atoms with van der Waals surface area (Å²) in [4.78, 5) is 46.9. The lowest BCUT2D eigenvalue weighted by atomic mass is 10.1. The summed E-state index contributed by atoms with van der Waals surface area (Å²) in [6, 6.07) is 4.76. The summed E-state index contributed by atoms with van der Waals surface area (Å²) in [6.45, 7) is 2.15. The molecule has 0 aliphatic carbocycles. The number of benzene rings is 1. The van der Waals surface area contributed by atoms with Crippen molar-refractivity contribution in [3.8, 4) is 0 Å². The smallest absolute Gasteiger partial charge is 0.242 e. The summed E-state index contributed by atoms with van der Waals surface area (Å²) < 4.78 is 13.0. The molecular weight excluding hydrogens is 391 g/mol. The first-order chi connectivity index (χ1) is 14.3. The highest BCUT2D eigenvalue weighted by molar-refractivity contribution is 6.26. The molecule has 0 radical (unpaired) electrons. The minimum Gasteiger partial charge on any atom is -0.356 e. The number of unbranched alkanes of at least 4 members (excludes halogenated alkanes) is 2. The maximum atomic E-state index is 13.0. The first-order valence-corrected chi connectivity index (χ1v) is 9.91. The van der Waals surface area contributed by atoms with Gasteiger partial charge in [0.1, 0.15) is 11.9 Å². The number of nitrogens with one attached hydrogen (secondary N) is 4. The zero-order chi connectivity index (χ0) is 22.4. The third-order valence-electron chi connectivity index (χ3n) is 4.33. The van der Waals surface area contributed by atoms with Gasteiger partial charge in [0.05, 0.1) is 6.21 Å². The van der Waals surface area contributed by atoms with Gasteiger partial charge in [-0.05, 0) is 37.0 Å². The molecule has 0 saturated heterocycles. The molecule has 1 atom stereocenters. The van der Waals surface area contributed by atoms with Crippen LogP contribution in [0, 0.1) is 11.2 Å². The Morgan fingerprint density at radius 3 is 2.37 bits per heavy atom. The van der Waals surface area contributed by atoms with E-state index in [1.54, 1.807) is 12.1 Å². The molecule has 0 unspecified atom stereocenters. The van der Waals surface area contributed by atoms with Gasteiger partial charge < -0.3 is 21.4 Å². The van der Waals surface area contributed by atoms with E-state index in [1.807, 2.05) is 0 Å². The molecule has 0 heterocycles. The topological polar surface area (TPSA) is 128 Å². The van der Waals surface area contributed by atoms with Gasteiger partial charge in [-0.3, -0.25) is 19.2 Å². The molecule has 0 aliphatic heterocycles. The Morgan fingerprint density at radius 2 is 1.73 bits per heavy atom. The fourth-order valence-electron chi connectivity index (χ4n) is 2.66. The van der Waals surface area contributed by atoms with E-state index in [2.05, 4.69) is 16.0 Å². The Kier molecular flexibility index (Phi) is 11.6. The van der Waals surface area contributed by atoms with E-state index in [9.17, 15) is 23.6 Å². The van der Waals surface area contributed by atoms with E-state index in [-0.39, 0.29) is 43.4 Å². The Morgan fingerprint density at radius 1 is 1.03 bits per heavy atom. The first kappa shape index (κ1) is 24.9. The van der Waals surface area contributed by atoms with E-state index in [4.69, 9.17) is 5.41 Å². The van der Waals surface area contributed by atoms with Gasteiger partial charge in [-0.1, -0.05) is 18.6 Å². The molecule has 3 amide bonds. The Balaban J connectivity index is 2.50. The van der Waals surface area contributed by atoms with Crippen LogP contribution < -0.4 is 16.0 Å². The average Bonchev–Trinajstić information content (AvgIpc) is 2.72. The number of Topliss-reactive ketones (excluding diaryl/α,β-unsaturated/α-hetero) is 1. The second kappa shape index (κ2) is 14.0. The van der Waals surface area contributed by atoms with E-state index in [1.165, 1.54) is 19.1 Å². The van der Waals surface area contributed by atoms with Crippen molar-refractivity contribution in [2.24, 2.45) is 0 Å². The molecule has 1 aromatic carbocycles. The van der Waals surface area contributed by atoms with Crippen LogP contribution in [-0.2, 0) is 25.7 Å². The molecule has 4 N–H and O–H groups in total. The second-order valence-electron chi connectivity index (χ2n) is 6.91. The number of amides is 3. The maximum Gasteiger partial charge on any atom is 0.242 e. The molecule has 8 nitrogen and oxygen atoms in total. The largest absolute Gasteiger partial charge is 0.356 e. The summed E-state index contributed by atoms with van der Waals surface area (Å²) >= 11 is 0. The fourth-order valence-corrected chi connectivity index (χ4v) is 2.66. The third kappa shape index (κ3) is 11.0. The summed E-state index contributed by atoms with van der Waals surface area (Å²) in [6.07, 6.45) is 3.07. The maximum absolute atomic E-state index is 13.0. The summed E-state index contributed by atoms with van der Waals surface area (Å²) in [5.74, 6) is -1.66. The van der Waals surface area contributed by atoms with Crippen LogP contribution >= 0.6 is 0 Å². The van der Waals surface area contributed by atoms with Crippen molar-refractivity contribution in [1.29, 1.82) is 5.41 Å². The van der Waals surface area contributed by atoms with Crippen LogP contribution in [0.2, 0.25) is 0 Å². The van der Waals surface area contributed by atoms with E-state index in [0.717, 1.165) is 12.8 Å². The monoisotopic (exact) mass is 420 g/mol. The van der Waals surface area contributed by atoms with Crippen molar-refractivity contribution in [3.05, 3.63) is 35.6 Å². The molecule has 0 fully saturated rings. The Hall–Kier alpha value is -3.10. The number of halogens is 1. The van der Waals surface area contributed by atoms with Gasteiger partial charge in [-0.2, -0.15) is 0 Å². The van der Waals surface area contributed by atoms with Crippen molar-refractivity contribution in [3.63, 3.8) is 0 Å². The third-order valence-corrected chi connectivity index (χ3v) is 4.33. The van der Waals surface area contributed by atoms with E-state index >= 15 is 0 Å². The van der Waals surface area contributed by atoms with Crippen molar-refractivity contribution in [1.82, 2.24) is 16.0 Å². The van der Waals surface area contributed by atoms with Gasteiger partial charge in [0.15, 0.2) is 5.78 Å². The molecule has 30 heavy (non-hydrogen) atoms. The standard InChI is InChI=1S/C21H29FN4O4/c1-15(27)24-12-4-2-3-5-20(29)26-19(11-10-18(28)13-23)21(30)25-14-16-6-8-17(22)9-7-16/h6-9,13,19,23H,2-5,10-12,14H2,1H3,(H,24,27)(H,25,30)(H,26,29)/t19-/m0/s1. The summed E-state index contributed by atoms with van der Waals surface area (Å²) in [7, 11) is 0. The van der Waals surface area contributed by atoms with Gasteiger partial charge in [0.2, 0.25) is 17.7 Å². The minimum atomic E-state index is -0.902. The SMILES string of the molecule is CC(=O)NCCCCCC(=O)N[C@@H](CCC(=O)C=N)C(=O)NCc1ccc(F)cc1. The highest BCUT2D eigenvalue weighted by Crippen LogP contribution is 2.05. The zero-order valence-corrected chi connectivity index (χ0v) is 17.1. The van der Waals surface area contributed by atoms with Crippen LogP contribution in [0.25, 0.3) is 0 Å². The average molecular weight is 420 g/mol. The molecule has 0 bridgehead atoms. The minimum absolute atomic E-state index is 0.0326. The van der Waals surface area contributed by atoms with E-state index < -0.39 is 17.7 Å². The van der Waals surface area contributed by atoms with E-state index in [0.29, 0.717) is 24.7 Å². The lowest BCUT2D eigenvalue weighted by molar-refractivity contribution is -0.129. The quantitative estimate of drug-likeness (QED) is 0.269. The number of hydrogen-bond donors (Lipinski definition) is 4. The van der Waals surface area contributed by atoms with Crippen LogP contribution in [-0.4, -0.2) is 42.3 Å². The predicted molar refractivity (Wildman–Crippen MR) is 110 cm³/mol. The molecular formula is C21H29FN4O4. The van der Waals surface area contributed by atoms with Crippen LogP contribution in [0.1, 0.15) is 51.0 Å². The fraction of sp³-hybridized carbons (Fsp3) is 0.476. The van der Waals surface area contributed by atoms with Crippen LogP contribution in [0.5, 0.6) is 0 Å². The molecule has 164 valence electrons.